The molecule has 1 amide bonds. The van der Waals surface area contributed by atoms with Gasteiger partial charge in [-0.25, -0.2) is 4.79 Å². The number of hydrogen-bond donors (Lipinski definition) is 2. The van der Waals surface area contributed by atoms with E-state index in [1.807, 2.05) is 0 Å². The van der Waals surface area contributed by atoms with E-state index in [1.54, 1.807) is 6.92 Å². The Bertz CT molecular complexity index is 629. The fraction of sp³-hybridized carbons (Fsp3) is 0.143. The van der Waals surface area contributed by atoms with Crippen LogP contribution >= 0.6 is 0 Å². The van der Waals surface area contributed by atoms with Crippen LogP contribution in [-0.4, -0.2) is 24.1 Å². The molecule has 1 aliphatic heterocycles. The van der Waals surface area contributed by atoms with E-state index in [2.05, 4.69) is 11.9 Å². The first kappa shape index (κ1) is 12.9. The van der Waals surface area contributed by atoms with Crippen LogP contribution in [-0.2, 0) is 9.53 Å². The van der Waals surface area contributed by atoms with E-state index in [4.69, 9.17) is 9.84 Å². The fourth-order valence-corrected chi connectivity index (χ4v) is 2.02. The number of carboxylic acids is 1. The van der Waals surface area contributed by atoms with Crippen LogP contribution in [0.25, 0.3) is 11.1 Å². The number of anilines is 1. The van der Waals surface area contributed by atoms with Crippen LogP contribution in [0.5, 0.6) is 0 Å². The molecule has 5 heteroatoms. The maximum Gasteiger partial charge on any atom is 0.335 e. The zero-order valence-electron chi connectivity index (χ0n) is 10.6. The standard InChI is InChI=1S/C14H13NO4/c1-7(2)9-4-8(14(17)18)5-11-12(9)10(6-19-3)13(16)15-11/h4-6H,1H2,2-3H3,(H,15,16)(H,17,18)/b10-6-. The number of amides is 1. The summed E-state index contributed by atoms with van der Waals surface area (Å²) in [7, 11) is 1.45. The van der Waals surface area contributed by atoms with Gasteiger partial charge in [0.25, 0.3) is 5.91 Å². The van der Waals surface area contributed by atoms with E-state index in [1.165, 1.54) is 25.5 Å². The number of hydrogen-bond acceptors (Lipinski definition) is 3. The van der Waals surface area contributed by atoms with Crippen LogP contribution in [0.1, 0.15) is 28.4 Å². The van der Waals surface area contributed by atoms with Crippen molar-refractivity contribution < 1.29 is 19.4 Å². The summed E-state index contributed by atoms with van der Waals surface area (Å²) >= 11 is 0. The van der Waals surface area contributed by atoms with Gasteiger partial charge in [0.1, 0.15) is 0 Å². The van der Waals surface area contributed by atoms with Gasteiger partial charge in [0.2, 0.25) is 0 Å². The predicted octanol–water partition coefficient (Wildman–Crippen LogP) is 2.36. The maximum atomic E-state index is 11.8. The largest absolute Gasteiger partial charge is 0.504 e. The summed E-state index contributed by atoms with van der Waals surface area (Å²) in [4.78, 5) is 22.9. The summed E-state index contributed by atoms with van der Waals surface area (Å²) in [6.07, 6.45) is 1.34. The molecule has 0 aliphatic carbocycles. The van der Waals surface area contributed by atoms with E-state index >= 15 is 0 Å². The molecule has 0 spiro atoms. The van der Waals surface area contributed by atoms with Gasteiger partial charge in [-0.05, 0) is 24.6 Å². The Morgan fingerprint density at radius 3 is 2.68 bits per heavy atom. The fourth-order valence-electron chi connectivity index (χ4n) is 2.02. The summed E-state index contributed by atoms with van der Waals surface area (Å²) in [5.74, 6) is -1.37. The Labute approximate surface area is 110 Å². The van der Waals surface area contributed by atoms with Crippen molar-refractivity contribution in [3.8, 4) is 0 Å². The van der Waals surface area contributed by atoms with E-state index in [-0.39, 0.29) is 11.5 Å². The van der Waals surface area contributed by atoms with Gasteiger partial charge in [0.15, 0.2) is 0 Å². The molecule has 0 saturated heterocycles. The molecule has 0 unspecified atom stereocenters. The predicted molar refractivity (Wildman–Crippen MR) is 71.7 cm³/mol. The molecule has 0 fully saturated rings. The third-order valence-corrected chi connectivity index (χ3v) is 2.84. The highest BCUT2D eigenvalue weighted by Crippen LogP contribution is 2.38. The molecule has 98 valence electrons. The van der Waals surface area contributed by atoms with Crippen LogP contribution < -0.4 is 5.32 Å². The molecule has 0 bridgehead atoms. The molecular weight excluding hydrogens is 246 g/mol. The number of carboxylic acid groups (broad SMARTS) is 1. The summed E-state index contributed by atoms with van der Waals surface area (Å²) < 4.78 is 4.90. The van der Waals surface area contributed by atoms with Gasteiger partial charge in [-0.2, -0.15) is 0 Å². The van der Waals surface area contributed by atoms with Crippen molar-refractivity contribution in [1.29, 1.82) is 0 Å². The van der Waals surface area contributed by atoms with Crippen molar-refractivity contribution in [1.82, 2.24) is 0 Å². The van der Waals surface area contributed by atoms with Crippen LogP contribution in [0.15, 0.2) is 25.0 Å². The second kappa shape index (κ2) is 4.61. The average Bonchev–Trinajstić information content (AvgIpc) is 2.65. The quantitative estimate of drug-likeness (QED) is 0.645. The summed E-state index contributed by atoms with van der Waals surface area (Å²) in [5.41, 5.74) is 2.87. The van der Waals surface area contributed by atoms with Gasteiger partial charge in [0.05, 0.1) is 30.2 Å². The average molecular weight is 259 g/mol. The Balaban J connectivity index is 2.74. The smallest absolute Gasteiger partial charge is 0.335 e. The van der Waals surface area contributed by atoms with Crippen LogP contribution in [0.2, 0.25) is 0 Å². The summed E-state index contributed by atoms with van der Waals surface area (Å²) in [6, 6.07) is 2.94. The second-order valence-electron chi connectivity index (χ2n) is 4.25. The van der Waals surface area contributed by atoms with Gasteiger partial charge in [-0.15, -0.1) is 0 Å². The number of rotatable bonds is 3. The lowest BCUT2D eigenvalue weighted by atomic mass is 9.94. The van der Waals surface area contributed by atoms with Gasteiger partial charge in [0, 0.05) is 5.56 Å². The number of benzene rings is 1. The number of aromatic carboxylic acids is 1. The molecule has 2 rings (SSSR count). The van der Waals surface area contributed by atoms with Gasteiger partial charge in [-0.3, -0.25) is 4.79 Å². The monoisotopic (exact) mass is 259 g/mol. The lowest BCUT2D eigenvalue weighted by molar-refractivity contribution is -0.110. The van der Waals surface area contributed by atoms with E-state index in [0.717, 1.165) is 0 Å². The minimum atomic E-state index is -1.05. The lowest BCUT2D eigenvalue weighted by Gasteiger charge is -2.09. The zero-order chi connectivity index (χ0) is 14.2. The minimum Gasteiger partial charge on any atom is -0.504 e. The Morgan fingerprint density at radius 2 is 2.16 bits per heavy atom. The molecule has 0 atom stereocenters. The Kier molecular flexibility index (Phi) is 3.12. The molecule has 19 heavy (non-hydrogen) atoms. The number of nitrogens with one attached hydrogen (secondary N) is 1. The molecule has 1 heterocycles. The highest BCUT2D eigenvalue weighted by Gasteiger charge is 2.29. The van der Waals surface area contributed by atoms with Gasteiger partial charge >= 0.3 is 5.97 Å². The molecule has 1 aromatic rings. The lowest BCUT2D eigenvalue weighted by Crippen LogP contribution is -2.04. The highest BCUT2D eigenvalue weighted by atomic mass is 16.5. The molecule has 0 saturated carbocycles. The molecule has 0 aromatic heterocycles. The van der Waals surface area contributed by atoms with Crippen molar-refractivity contribution in [3.63, 3.8) is 0 Å². The first-order chi connectivity index (χ1) is 8.95. The number of allylic oxidation sites excluding steroid dienone is 1. The van der Waals surface area contributed by atoms with Crippen molar-refractivity contribution in [2.24, 2.45) is 0 Å². The van der Waals surface area contributed by atoms with E-state index in [9.17, 15) is 9.59 Å². The highest BCUT2D eigenvalue weighted by molar-refractivity contribution is 6.32. The van der Waals surface area contributed by atoms with E-state index in [0.29, 0.717) is 28.0 Å². The number of methoxy groups -OCH3 is 1. The topological polar surface area (TPSA) is 75.6 Å². The summed E-state index contributed by atoms with van der Waals surface area (Å²) in [6.45, 7) is 5.58. The first-order valence-electron chi connectivity index (χ1n) is 5.57. The van der Waals surface area contributed by atoms with Crippen molar-refractivity contribution in [2.45, 2.75) is 6.92 Å². The number of carbonyl (C=O) groups is 2. The molecule has 1 aromatic carbocycles. The van der Waals surface area contributed by atoms with Gasteiger partial charge < -0.3 is 15.2 Å². The summed E-state index contributed by atoms with van der Waals surface area (Å²) in [5, 5.41) is 11.7. The number of carbonyl (C=O) groups excluding carboxylic acids is 1. The van der Waals surface area contributed by atoms with Crippen LogP contribution in [0.3, 0.4) is 0 Å². The number of fused-ring (bicyclic) bond motifs is 1. The molecule has 2 N–H and O–H groups in total. The minimum absolute atomic E-state index is 0.107. The van der Waals surface area contributed by atoms with Crippen molar-refractivity contribution in [2.75, 3.05) is 12.4 Å². The zero-order valence-corrected chi connectivity index (χ0v) is 10.6. The van der Waals surface area contributed by atoms with Crippen LogP contribution in [0.4, 0.5) is 5.69 Å². The third kappa shape index (κ3) is 2.10. The Morgan fingerprint density at radius 1 is 1.47 bits per heavy atom. The molecule has 0 radical (unpaired) electrons. The maximum absolute atomic E-state index is 11.8. The number of ether oxygens (including phenoxy) is 1. The van der Waals surface area contributed by atoms with Crippen molar-refractivity contribution >= 4 is 28.7 Å². The SMILES string of the molecule is C=C(C)c1cc(C(=O)O)cc2c1/C(=C/OC)C(=O)N2. The van der Waals surface area contributed by atoms with Crippen LogP contribution in [0, 0.1) is 0 Å². The molecular formula is C14H13NO4. The molecule has 1 aliphatic rings. The van der Waals surface area contributed by atoms with Crippen molar-refractivity contribution in [3.05, 3.63) is 41.7 Å². The first-order valence-corrected chi connectivity index (χ1v) is 5.57. The normalized spacial score (nSPS) is 15.1. The second-order valence-corrected chi connectivity index (χ2v) is 4.25. The molecule has 5 nitrogen and oxygen atoms in total. The van der Waals surface area contributed by atoms with Gasteiger partial charge in [-0.1, -0.05) is 12.2 Å². The Hall–Kier alpha value is -2.56. The third-order valence-electron chi connectivity index (χ3n) is 2.84. The van der Waals surface area contributed by atoms with E-state index < -0.39 is 5.97 Å².